The maximum absolute atomic E-state index is 13.8. The van der Waals surface area contributed by atoms with Gasteiger partial charge in [-0.05, 0) is 81.4 Å². The van der Waals surface area contributed by atoms with Crippen LogP contribution in [0.5, 0.6) is 5.75 Å². The Morgan fingerprint density at radius 2 is 1.91 bits per heavy atom. The number of fused-ring (bicyclic) bond motifs is 3. The van der Waals surface area contributed by atoms with Gasteiger partial charge in [-0.25, -0.2) is 4.99 Å². The summed E-state index contributed by atoms with van der Waals surface area (Å²) in [6.07, 6.45) is 3.71. The van der Waals surface area contributed by atoms with Crippen LogP contribution in [0.1, 0.15) is 34.7 Å². The number of nitrogens with zero attached hydrogens (tertiary/aromatic N) is 2. The lowest BCUT2D eigenvalue weighted by atomic mass is 9.83. The summed E-state index contributed by atoms with van der Waals surface area (Å²) in [6, 6.07) is 21.8. The molecule has 1 aromatic heterocycles. The molecule has 1 aliphatic heterocycles. The monoisotopic (exact) mass is 562 g/mol. The maximum atomic E-state index is 13.8. The third-order valence-electron chi connectivity index (χ3n) is 6.53. The summed E-state index contributed by atoms with van der Waals surface area (Å²) in [5.41, 5.74) is 6.54. The molecule has 0 amide bonds. The van der Waals surface area contributed by atoms with Crippen molar-refractivity contribution in [2.45, 2.75) is 18.9 Å². The molecule has 0 spiro atoms. The van der Waals surface area contributed by atoms with Crippen molar-refractivity contribution in [3.63, 3.8) is 0 Å². The van der Waals surface area contributed by atoms with Crippen LogP contribution in [0.4, 0.5) is 0 Å². The zero-order chi connectivity index (χ0) is 24.1. The first kappa shape index (κ1) is 22.5. The minimum absolute atomic E-state index is 0.0361. The molecule has 2 aliphatic rings. The number of rotatable bonds is 3. The van der Waals surface area contributed by atoms with Crippen molar-refractivity contribution >= 4 is 50.6 Å². The number of hydrogen-bond donors (Lipinski definition) is 0. The second kappa shape index (κ2) is 8.94. The highest BCUT2D eigenvalue weighted by atomic mass is 79.9. The van der Waals surface area contributed by atoms with Crippen LogP contribution in [0.2, 0.25) is 5.02 Å². The molecule has 0 N–H and O–H groups in total. The predicted molar refractivity (Wildman–Crippen MR) is 145 cm³/mol. The van der Waals surface area contributed by atoms with Crippen LogP contribution in [0.15, 0.2) is 86.6 Å². The highest BCUT2D eigenvalue weighted by Gasteiger charge is 2.32. The molecule has 3 aromatic carbocycles. The third-order valence-corrected chi connectivity index (χ3v) is 8.39. The van der Waals surface area contributed by atoms with E-state index in [1.54, 1.807) is 7.11 Å². The van der Waals surface area contributed by atoms with Crippen molar-refractivity contribution in [1.29, 1.82) is 0 Å². The van der Waals surface area contributed by atoms with Crippen molar-refractivity contribution in [3.05, 3.63) is 124 Å². The Morgan fingerprint density at radius 1 is 1.11 bits per heavy atom. The van der Waals surface area contributed by atoms with Gasteiger partial charge in [0.05, 0.1) is 27.9 Å². The molecule has 2 heterocycles. The van der Waals surface area contributed by atoms with E-state index < -0.39 is 0 Å². The van der Waals surface area contributed by atoms with E-state index in [1.165, 1.54) is 22.5 Å². The molecule has 1 aliphatic carbocycles. The van der Waals surface area contributed by atoms with Crippen LogP contribution in [0.3, 0.4) is 0 Å². The highest BCUT2D eigenvalue weighted by molar-refractivity contribution is 9.10. The van der Waals surface area contributed by atoms with E-state index in [0.717, 1.165) is 45.5 Å². The van der Waals surface area contributed by atoms with Crippen molar-refractivity contribution in [3.8, 4) is 5.75 Å². The van der Waals surface area contributed by atoms with E-state index in [0.29, 0.717) is 14.4 Å². The number of benzene rings is 3. The van der Waals surface area contributed by atoms with Gasteiger partial charge >= 0.3 is 0 Å². The second-order valence-corrected chi connectivity index (χ2v) is 10.9. The Balaban J connectivity index is 1.59. The summed E-state index contributed by atoms with van der Waals surface area (Å²) < 4.78 is 8.68. The van der Waals surface area contributed by atoms with Gasteiger partial charge < -0.3 is 4.74 Å². The van der Waals surface area contributed by atoms with E-state index in [2.05, 4.69) is 40.2 Å². The third kappa shape index (κ3) is 3.90. The number of ether oxygens (including phenoxy) is 1. The Morgan fingerprint density at radius 3 is 2.69 bits per heavy atom. The molecular weight excluding hydrogens is 544 g/mol. The Bertz CT molecular complexity index is 1690. The maximum Gasteiger partial charge on any atom is 0.271 e. The zero-order valence-electron chi connectivity index (χ0n) is 18.8. The minimum Gasteiger partial charge on any atom is -0.496 e. The number of halogens is 2. The normalized spacial score (nSPS) is 16.9. The van der Waals surface area contributed by atoms with Crippen LogP contribution in [0.25, 0.3) is 11.8 Å². The smallest absolute Gasteiger partial charge is 0.271 e. The number of hydrogen-bond acceptors (Lipinski definition) is 4. The standard InChI is InChI=1S/C28H20BrClN2O2S/c1-34-23-13-6-16(14-22(23)29)15-24-27(33)32-26(18-7-10-19(30)11-8-18)21-12-9-17-4-2-3-5-20(17)25(21)31-28(32)35-24/h2-8,10-11,13-15,26H,9,12H2,1H3. The van der Waals surface area contributed by atoms with Crippen LogP contribution < -0.4 is 19.6 Å². The molecule has 7 heteroatoms. The summed E-state index contributed by atoms with van der Waals surface area (Å²) in [7, 11) is 1.63. The molecular formula is C28H20BrClN2O2S. The molecule has 35 heavy (non-hydrogen) atoms. The highest BCUT2D eigenvalue weighted by Crippen LogP contribution is 2.41. The van der Waals surface area contributed by atoms with Crippen molar-refractivity contribution < 1.29 is 4.74 Å². The number of methoxy groups -OCH3 is 1. The Labute approximate surface area is 219 Å². The van der Waals surface area contributed by atoms with Crippen LogP contribution in [-0.2, 0) is 6.42 Å². The number of allylic oxidation sites excluding steroid dienone is 1. The molecule has 0 saturated heterocycles. The fourth-order valence-corrected chi connectivity index (χ4v) is 6.58. The van der Waals surface area contributed by atoms with Gasteiger partial charge in [-0.2, -0.15) is 0 Å². The van der Waals surface area contributed by atoms with E-state index in [9.17, 15) is 4.79 Å². The first-order chi connectivity index (χ1) is 17.0. The molecule has 1 unspecified atom stereocenters. The SMILES string of the molecule is COc1ccc(C=c2sc3n(c2=O)C(c2ccc(Cl)cc2)C2=C(N=3)c3ccccc3CC2)cc1Br. The van der Waals surface area contributed by atoms with Gasteiger partial charge in [-0.1, -0.05) is 65.4 Å². The molecule has 0 fully saturated rings. The first-order valence-electron chi connectivity index (χ1n) is 11.3. The van der Waals surface area contributed by atoms with E-state index in [-0.39, 0.29) is 11.6 Å². The second-order valence-electron chi connectivity index (χ2n) is 8.56. The van der Waals surface area contributed by atoms with Gasteiger partial charge in [0.2, 0.25) is 0 Å². The summed E-state index contributed by atoms with van der Waals surface area (Å²) in [6.45, 7) is 0. The largest absolute Gasteiger partial charge is 0.496 e. The Kier molecular flexibility index (Phi) is 5.75. The molecule has 4 nitrogen and oxygen atoms in total. The average molecular weight is 564 g/mol. The van der Waals surface area contributed by atoms with Crippen LogP contribution in [0, 0.1) is 0 Å². The zero-order valence-corrected chi connectivity index (χ0v) is 22.0. The molecule has 0 saturated carbocycles. The first-order valence-corrected chi connectivity index (χ1v) is 13.2. The molecule has 0 bridgehead atoms. The minimum atomic E-state index is -0.211. The number of thiazole rings is 1. The lowest BCUT2D eigenvalue weighted by Gasteiger charge is -2.30. The lowest BCUT2D eigenvalue weighted by Crippen LogP contribution is -2.38. The topological polar surface area (TPSA) is 43.6 Å². The van der Waals surface area contributed by atoms with Gasteiger partial charge in [0.25, 0.3) is 5.56 Å². The van der Waals surface area contributed by atoms with Gasteiger partial charge in [-0.15, -0.1) is 0 Å². The van der Waals surface area contributed by atoms with Crippen molar-refractivity contribution in [1.82, 2.24) is 4.57 Å². The molecule has 4 aromatic rings. The Hall–Kier alpha value is -2.93. The summed E-state index contributed by atoms with van der Waals surface area (Å²) in [5.74, 6) is 0.748. The number of aryl methyl sites for hydroxylation is 1. The molecule has 6 rings (SSSR count). The summed E-state index contributed by atoms with van der Waals surface area (Å²) >= 11 is 11.2. The fourth-order valence-electron chi connectivity index (χ4n) is 4.89. The average Bonchev–Trinajstić information content (AvgIpc) is 3.18. The molecule has 174 valence electrons. The predicted octanol–water partition coefficient (Wildman–Crippen LogP) is 5.74. The van der Waals surface area contributed by atoms with Gasteiger partial charge in [0, 0.05) is 10.6 Å². The van der Waals surface area contributed by atoms with Gasteiger partial charge in [0.15, 0.2) is 4.80 Å². The van der Waals surface area contributed by atoms with Gasteiger partial charge in [0.1, 0.15) is 5.75 Å². The summed E-state index contributed by atoms with van der Waals surface area (Å²) in [4.78, 5) is 19.6. The quantitative estimate of drug-likeness (QED) is 0.319. The van der Waals surface area contributed by atoms with E-state index >= 15 is 0 Å². The van der Waals surface area contributed by atoms with Crippen molar-refractivity contribution in [2.24, 2.45) is 4.99 Å². The van der Waals surface area contributed by atoms with Crippen LogP contribution >= 0.6 is 38.9 Å². The fraction of sp³-hybridized carbons (Fsp3) is 0.143. The number of aromatic nitrogens is 1. The van der Waals surface area contributed by atoms with Crippen LogP contribution in [-0.4, -0.2) is 11.7 Å². The van der Waals surface area contributed by atoms with E-state index in [1.807, 2.05) is 53.1 Å². The summed E-state index contributed by atoms with van der Waals surface area (Å²) in [5, 5.41) is 0.675. The lowest BCUT2D eigenvalue weighted by molar-refractivity contribution is 0.412. The molecule has 0 radical (unpaired) electrons. The van der Waals surface area contributed by atoms with Gasteiger partial charge in [-0.3, -0.25) is 9.36 Å². The molecule has 1 atom stereocenters. The van der Waals surface area contributed by atoms with Crippen molar-refractivity contribution in [2.75, 3.05) is 7.11 Å². The van der Waals surface area contributed by atoms with E-state index in [4.69, 9.17) is 21.3 Å².